The lowest BCUT2D eigenvalue weighted by Crippen LogP contribution is -2.41. The lowest BCUT2D eigenvalue weighted by molar-refractivity contribution is -0.117. The van der Waals surface area contributed by atoms with Crippen molar-refractivity contribution in [3.05, 3.63) is 59.1 Å². The summed E-state index contributed by atoms with van der Waals surface area (Å²) in [4.78, 5) is 12.2. The van der Waals surface area contributed by atoms with Gasteiger partial charge in [0, 0.05) is 0 Å². The van der Waals surface area contributed by atoms with Gasteiger partial charge in [-0.25, -0.2) is 8.42 Å². The first-order valence-electron chi connectivity index (χ1n) is 6.94. The smallest absolute Gasteiger partial charge is 0.242 e. The van der Waals surface area contributed by atoms with Crippen LogP contribution < -0.4 is 10.0 Å². The van der Waals surface area contributed by atoms with Crippen LogP contribution in [0.1, 0.15) is 12.5 Å². The second-order valence-electron chi connectivity index (χ2n) is 5.13. The number of nitrogens with one attached hydrogen (secondary N) is 2. The second kappa shape index (κ2) is 7.12. The maximum absolute atomic E-state index is 12.3. The molecule has 2 rings (SSSR count). The fraction of sp³-hybridized carbons (Fsp3) is 0.188. The molecule has 0 saturated heterocycles. The molecule has 0 saturated carbocycles. The van der Waals surface area contributed by atoms with Crippen LogP contribution >= 0.6 is 11.6 Å². The lowest BCUT2D eigenvalue weighted by atomic mass is 10.2. The van der Waals surface area contributed by atoms with Crippen LogP contribution in [-0.2, 0) is 14.8 Å². The molecular weight excluding hydrogens is 336 g/mol. The van der Waals surface area contributed by atoms with Crippen molar-refractivity contribution in [3.63, 3.8) is 0 Å². The molecule has 0 aromatic heterocycles. The van der Waals surface area contributed by atoms with E-state index in [1.165, 1.54) is 19.1 Å². The number of carbonyl (C=O) groups excluding carboxylic acids is 1. The Balaban J connectivity index is 2.08. The van der Waals surface area contributed by atoms with E-state index < -0.39 is 22.0 Å². The molecule has 5 nitrogen and oxygen atoms in total. The Labute approximate surface area is 140 Å². The molecule has 0 aliphatic heterocycles. The van der Waals surface area contributed by atoms with E-state index in [9.17, 15) is 13.2 Å². The molecule has 0 radical (unpaired) electrons. The van der Waals surface area contributed by atoms with E-state index in [1.807, 2.05) is 6.92 Å². The SMILES string of the molecule is Cc1ccc(S(=O)(=O)N[C@@H](C)C(=O)Nc2ccccc2Cl)cc1. The van der Waals surface area contributed by atoms with Crippen LogP contribution in [0.5, 0.6) is 0 Å². The summed E-state index contributed by atoms with van der Waals surface area (Å²) in [7, 11) is -3.77. The molecular formula is C16H17ClN2O3S. The average molecular weight is 353 g/mol. The number of rotatable bonds is 5. The molecule has 0 fully saturated rings. The van der Waals surface area contributed by atoms with Crippen molar-refractivity contribution in [1.29, 1.82) is 0 Å². The molecule has 122 valence electrons. The average Bonchev–Trinajstić information content (AvgIpc) is 2.49. The van der Waals surface area contributed by atoms with Crippen LogP contribution in [0.25, 0.3) is 0 Å². The van der Waals surface area contributed by atoms with Gasteiger partial charge in [-0.2, -0.15) is 4.72 Å². The number of anilines is 1. The molecule has 0 bridgehead atoms. The number of hydrogen-bond donors (Lipinski definition) is 2. The summed E-state index contributed by atoms with van der Waals surface area (Å²) in [5.41, 5.74) is 1.38. The molecule has 2 aromatic rings. The molecule has 0 heterocycles. The van der Waals surface area contributed by atoms with E-state index in [2.05, 4.69) is 10.0 Å². The van der Waals surface area contributed by atoms with E-state index in [0.29, 0.717) is 10.7 Å². The first kappa shape index (κ1) is 17.5. The summed E-state index contributed by atoms with van der Waals surface area (Å²) in [6.07, 6.45) is 0. The number of aryl methyl sites for hydroxylation is 1. The minimum Gasteiger partial charge on any atom is -0.323 e. The van der Waals surface area contributed by atoms with Crippen LogP contribution in [0.3, 0.4) is 0 Å². The predicted molar refractivity (Wildman–Crippen MR) is 91.0 cm³/mol. The summed E-state index contributed by atoms with van der Waals surface area (Å²) in [5, 5.41) is 2.98. The van der Waals surface area contributed by atoms with Crippen molar-refractivity contribution in [2.45, 2.75) is 24.8 Å². The second-order valence-corrected chi connectivity index (χ2v) is 7.25. The van der Waals surface area contributed by atoms with Crippen LogP contribution in [0.2, 0.25) is 5.02 Å². The van der Waals surface area contributed by atoms with E-state index >= 15 is 0 Å². The van der Waals surface area contributed by atoms with Gasteiger partial charge >= 0.3 is 0 Å². The minimum atomic E-state index is -3.77. The maximum Gasteiger partial charge on any atom is 0.242 e. The summed E-state index contributed by atoms with van der Waals surface area (Å²) in [5.74, 6) is -0.492. The van der Waals surface area contributed by atoms with Gasteiger partial charge in [0.15, 0.2) is 0 Å². The molecule has 1 atom stereocenters. The zero-order chi connectivity index (χ0) is 17.0. The van der Waals surface area contributed by atoms with Crippen molar-refractivity contribution >= 4 is 33.2 Å². The highest BCUT2D eigenvalue weighted by Gasteiger charge is 2.22. The van der Waals surface area contributed by atoms with Gasteiger partial charge < -0.3 is 5.32 Å². The van der Waals surface area contributed by atoms with Gasteiger partial charge in [-0.3, -0.25) is 4.79 Å². The summed E-state index contributed by atoms with van der Waals surface area (Å²) >= 11 is 5.96. The molecule has 0 aliphatic rings. The standard InChI is InChI=1S/C16H17ClN2O3S/c1-11-7-9-13(10-8-11)23(21,22)19-12(2)16(20)18-15-6-4-3-5-14(15)17/h3-10,12,19H,1-2H3,(H,18,20)/t12-/m0/s1. The van der Waals surface area contributed by atoms with Crippen molar-refractivity contribution in [3.8, 4) is 0 Å². The Hall–Kier alpha value is -1.89. The highest BCUT2D eigenvalue weighted by molar-refractivity contribution is 7.89. The summed E-state index contributed by atoms with van der Waals surface area (Å²) < 4.78 is 26.9. The van der Waals surface area contributed by atoms with Crippen molar-refractivity contribution in [2.24, 2.45) is 0 Å². The normalized spacial score (nSPS) is 12.7. The van der Waals surface area contributed by atoms with Crippen LogP contribution in [0.4, 0.5) is 5.69 Å². The molecule has 23 heavy (non-hydrogen) atoms. The number of halogens is 1. The maximum atomic E-state index is 12.3. The van der Waals surface area contributed by atoms with Gasteiger partial charge in [0.25, 0.3) is 0 Å². The molecule has 1 amide bonds. The van der Waals surface area contributed by atoms with Crippen molar-refractivity contribution < 1.29 is 13.2 Å². The van der Waals surface area contributed by atoms with Crippen molar-refractivity contribution in [2.75, 3.05) is 5.32 Å². The molecule has 2 aromatic carbocycles. The fourth-order valence-corrected chi connectivity index (χ4v) is 3.26. The molecule has 0 spiro atoms. The zero-order valence-corrected chi connectivity index (χ0v) is 14.3. The number of carbonyl (C=O) groups is 1. The monoisotopic (exact) mass is 352 g/mol. The van der Waals surface area contributed by atoms with Crippen LogP contribution in [0.15, 0.2) is 53.4 Å². The summed E-state index contributed by atoms with van der Waals surface area (Å²) in [6.45, 7) is 3.33. The fourth-order valence-electron chi connectivity index (χ4n) is 1.88. The Bertz CT molecular complexity index is 804. The molecule has 7 heteroatoms. The third-order valence-electron chi connectivity index (χ3n) is 3.19. The van der Waals surface area contributed by atoms with Crippen LogP contribution in [0, 0.1) is 6.92 Å². The van der Waals surface area contributed by atoms with Gasteiger partial charge in [-0.1, -0.05) is 41.4 Å². The highest BCUT2D eigenvalue weighted by atomic mass is 35.5. The largest absolute Gasteiger partial charge is 0.323 e. The topological polar surface area (TPSA) is 75.3 Å². The number of benzene rings is 2. The number of para-hydroxylation sites is 1. The van der Waals surface area contributed by atoms with E-state index in [4.69, 9.17) is 11.6 Å². The Morgan fingerprint density at radius 3 is 2.30 bits per heavy atom. The number of sulfonamides is 1. The van der Waals surface area contributed by atoms with Crippen molar-refractivity contribution in [1.82, 2.24) is 4.72 Å². The summed E-state index contributed by atoms with van der Waals surface area (Å²) in [6, 6.07) is 12.2. The van der Waals surface area contributed by atoms with E-state index in [1.54, 1.807) is 36.4 Å². The number of amides is 1. The molecule has 0 aliphatic carbocycles. The quantitative estimate of drug-likeness (QED) is 0.868. The first-order chi connectivity index (χ1) is 10.8. The van der Waals surface area contributed by atoms with Gasteiger partial charge in [-0.05, 0) is 38.1 Å². The Kier molecular flexibility index (Phi) is 5.41. The Morgan fingerprint density at radius 2 is 1.70 bits per heavy atom. The number of hydrogen-bond acceptors (Lipinski definition) is 3. The van der Waals surface area contributed by atoms with Gasteiger partial charge in [0.2, 0.25) is 15.9 Å². The third-order valence-corrected chi connectivity index (χ3v) is 5.07. The predicted octanol–water partition coefficient (Wildman–Crippen LogP) is 2.95. The van der Waals surface area contributed by atoms with Gasteiger partial charge in [0.1, 0.15) is 0 Å². The minimum absolute atomic E-state index is 0.112. The molecule has 0 unspecified atom stereocenters. The molecule has 2 N–H and O–H groups in total. The zero-order valence-electron chi connectivity index (χ0n) is 12.7. The van der Waals surface area contributed by atoms with E-state index in [0.717, 1.165) is 5.56 Å². The van der Waals surface area contributed by atoms with Gasteiger partial charge in [-0.15, -0.1) is 0 Å². The first-order valence-corrected chi connectivity index (χ1v) is 8.80. The highest BCUT2D eigenvalue weighted by Crippen LogP contribution is 2.20. The Morgan fingerprint density at radius 1 is 1.09 bits per heavy atom. The van der Waals surface area contributed by atoms with E-state index in [-0.39, 0.29) is 4.90 Å². The van der Waals surface area contributed by atoms with Gasteiger partial charge in [0.05, 0.1) is 21.6 Å². The van der Waals surface area contributed by atoms with Crippen LogP contribution in [-0.4, -0.2) is 20.4 Å². The third kappa shape index (κ3) is 4.54. The lowest BCUT2D eigenvalue weighted by Gasteiger charge is -2.15.